The number of rotatable bonds is 3. The lowest BCUT2D eigenvalue weighted by atomic mass is 10.1. The lowest BCUT2D eigenvalue weighted by Crippen LogP contribution is -2.44. The van der Waals surface area contributed by atoms with Gasteiger partial charge in [0.15, 0.2) is 0 Å². The van der Waals surface area contributed by atoms with Crippen molar-refractivity contribution < 1.29 is 0 Å². The molecule has 4 rings (SSSR count). The average molecular weight is 355 g/mol. The van der Waals surface area contributed by atoms with Gasteiger partial charge in [-0.25, -0.2) is 4.98 Å². The first kappa shape index (κ1) is 16.4. The van der Waals surface area contributed by atoms with Gasteiger partial charge >= 0.3 is 0 Å². The van der Waals surface area contributed by atoms with E-state index in [-0.39, 0.29) is 6.04 Å². The van der Waals surface area contributed by atoms with Crippen molar-refractivity contribution in [3.8, 4) is 0 Å². The third kappa shape index (κ3) is 3.24. The molecule has 4 nitrogen and oxygen atoms in total. The maximum Gasteiger partial charge on any atom is 0.206 e. The van der Waals surface area contributed by atoms with Crippen molar-refractivity contribution in [1.82, 2.24) is 9.55 Å². The van der Waals surface area contributed by atoms with Crippen LogP contribution in [0.5, 0.6) is 0 Å². The maximum atomic E-state index is 6.33. The third-order valence-corrected chi connectivity index (χ3v) is 5.36. The van der Waals surface area contributed by atoms with Gasteiger partial charge < -0.3 is 15.2 Å². The summed E-state index contributed by atoms with van der Waals surface area (Å²) in [6.45, 7) is 4.64. The molecule has 0 radical (unpaired) electrons. The minimum absolute atomic E-state index is 0.218. The smallest absolute Gasteiger partial charge is 0.206 e. The molecular weight excluding hydrogens is 332 g/mol. The zero-order valence-corrected chi connectivity index (χ0v) is 15.2. The number of imidazole rings is 1. The van der Waals surface area contributed by atoms with Crippen molar-refractivity contribution >= 4 is 28.6 Å². The number of aryl methyl sites for hydroxylation is 1. The monoisotopic (exact) mass is 354 g/mol. The summed E-state index contributed by atoms with van der Waals surface area (Å²) in [5.41, 5.74) is 10.7. The van der Waals surface area contributed by atoms with E-state index in [0.717, 1.165) is 60.0 Å². The van der Waals surface area contributed by atoms with E-state index in [4.69, 9.17) is 22.3 Å². The highest BCUT2D eigenvalue weighted by Gasteiger charge is 2.22. The quantitative estimate of drug-likeness (QED) is 0.774. The third-order valence-electron chi connectivity index (χ3n) is 4.95. The van der Waals surface area contributed by atoms with Crippen LogP contribution >= 0.6 is 11.6 Å². The minimum Gasteiger partial charge on any atom is -0.341 e. The molecule has 0 aliphatic carbocycles. The Labute approximate surface area is 153 Å². The number of halogens is 1. The first-order chi connectivity index (χ1) is 12.1. The molecular formula is C20H23ClN4. The van der Waals surface area contributed by atoms with Gasteiger partial charge in [0, 0.05) is 24.2 Å². The lowest BCUT2D eigenvalue weighted by molar-refractivity contribution is 0.495. The van der Waals surface area contributed by atoms with Crippen LogP contribution in [0.15, 0.2) is 42.5 Å². The van der Waals surface area contributed by atoms with Gasteiger partial charge in [-0.15, -0.1) is 0 Å². The Morgan fingerprint density at radius 2 is 2.08 bits per heavy atom. The summed E-state index contributed by atoms with van der Waals surface area (Å²) in [4.78, 5) is 7.23. The number of fused-ring (bicyclic) bond motifs is 1. The Morgan fingerprint density at radius 3 is 2.88 bits per heavy atom. The number of hydrogen-bond acceptors (Lipinski definition) is 3. The van der Waals surface area contributed by atoms with E-state index in [1.54, 1.807) is 0 Å². The van der Waals surface area contributed by atoms with E-state index in [2.05, 4.69) is 45.9 Å². The Bertz CT molecular complexity index is 902. The predicted octanol–water partition coefficient (Wildman–Crippen LogP) is 3.97. The van der Waals surface area contributed by atoms with Gasteiger partial charge in [-0.1, -0.05) is 35.9 Å². The molecule has 2 heterocycles. The van der Waals surface area contributed by atoms with E-state index < -0.39 is 0 Å². The van der Waals surface area contributed by atoms with Crippen LogP contribution in [0.1, 0.15) is 24.0 Å². The number of nitrogens with two attached hydrogens (primary N) is 1. The normalized spacial score (nSPS) is 18.0. The number of para-hydroxylation sites is 2. The summed E-state index contributed by atoms with van der Waals surface area (Å²) in [5.74, 6) is 1.01. The van der Waals surface area contributed by atoms with Crippen molar-refractivity contribution in [3.05, 3.63) is 58.6 Å². The zero-order valence-electron chi connectivity index (χ0n) is 14.5. The highest BCUT2D eigenvalue weighted by Crippen LogP contribution is 2.27. The molecule has 130 valence electrons. The number of benzene rings is 2. The Balaban J connectivity index is 1.77. The highest BCUT2D eigenvalue weighted by atomic mass is 35.5. The Morgan fingerprint density at radius 1 is 1.24 bits per heavy atom. The molecule has 0 unspecified atom stereocenters. The molecule has 0 bridgehead atoms. The molecule has 1 aromatic heterocycles. The second-order valence-electron chi connectivity index (χ2n) is 6.92. The molecule has 2 N–H and O–H groups in total. The van der Waals surface area contributed by atoms with Gasteiger partial charge in [-0.2, -0.15) is 0 Å². The summed E-state index contributed by atoms with van der Waals surface area (Å²) in [7, 11) is 0. The van der Waals surface area contributed by atoms with E-state index in [9.17, 15) is 0 Å². The standard InChI is InChI=1S/C20H23ClN4/c1-14-8-9-15(11-17(14)21)12-25-19-7-3-2-6-18(19)23-20(25)24-10-4-5-16(22)13-24/h2-3,6-9,11,16H,4-5,10,12-13,22H2,1H3/t16-/m1/s1. The first-order valence-corrected chi connectivity index (χ1v) is 9.20. The number of aromatic nitrogens is 2. The van der Waals surface area contributed by atoms with E-state index in [0.29, 0.717) is 0 Å². The zero-order chi connectivity index (χ0) is 17.4. The maximum absolute atomic E-state index is 6.33. The Kier molecular flexibility index (Phi) is 4.40. The molecule has 0 amide bonds. The topological polar surface area (TPSA) is 47.1 Å². The fraction of sp³-hybridized carbons (Fsp3) is 0.350. The van der Waals surface area contributed by atoms with Crippen LogP contribution < -0.4 is 10.6 Å². The highest BCUT2D eigenvalue weighted by molar-refractivity contribution is 6.31. The molecule has 25 heavy (non-hydrogen) atoms. The average Bonchev–Trinajstić information content (AvgIpc) is 2.97. The van der Waals surface area contributed by atoms with E-state index in [1.165, 1.54) is 5.56 Å². The van der Waals surface area contributed by atoms with Crippen molar-refractivity contribution in [1.29, 1.82) is 0 Å². The molecule has 0 saturated carbocycles. The Hall–Kier alpha value is -2.04. The fourth-order valence-corrected chi connectivity index (χ4v) is 3.77. The number of nitrogens with zero attached hydrogens (tertiary/aromatic N) is 3. The van der Waals surface area contributed by atoms with Crippen molar-refractivity contribution in [2.75, 3.05) is 18.0 Å². The van der Waals surface area contributed by atoms with Gasteiger partial charge in [-0.05, 0) is 49.1 Å². The summed E-state index contributed by atoms with van der Waals surface area (Å²) in [6.07, 6.45) is 2.20. The van der Waals surface area contributed by atoms with Crippen LogP contribution in [0.4, 0.5) is 5.95 Å². The molecule has 1 aliphatic heterocycles. The van der Waals surface area contributed by atoms with Crippen molar-refractivity contribution in [3.63, 3.8) is 0 Å². The van der Waals surface area contributed by atoms with Gasteiger partial charge in [0.25, 0.3) is 0 Å². The summed E-state index contributed by atoms with van der Waals surface area (Å²) < 4.78 is 2.29. The molecule has 2 aromatic carbocycles. The van der Waals surface area contributed by atoms with E-state index >= 15 is 0 Å². The first-order valence-electron chi connectivity index (χ1n) is 8.82. The van der Waals surface area contributed by atoms with E-state index in [1.807, 2.05) is 13.0 Å². The van der Waals surface area contributed by atoms with Crippen LogP contribution in [0, 0.1) is 6.92 Å². The molecule has 1 atom stereocenters. The van der Waals surface area contributed by atoms with Gasteiger partial charge in [-0.3, -0.25) is 0 Å². The molecule has 1 aliphatic rings. The minimum atomic E-state index is 0.218. The predicted molar refractivity (Wildman–Crippen MR) is 104 cm³/mol. The van der Waals surface area contributed by atoms with Gasteiger partial charge in [0.05, 0.1) is 17.6 Å². The SMILES string of the molecule is Cc1ccc(Cn2c(N3CCC[C@@H](N)C3)nc3ccccc32)cc1Cl. The lowest BCUT2D eigenvalue weighted by Gasteiger charge is -2.32. The fourth-order valence-electron chi connectivity index (χ4n) is 3.57. The second kappa shape index (κ2) is 6.70. The molecule has 1 saturated heterocycles. The van der Waals surface area contributed by atoms with Gasteiger partial charge in [0.2, 0.25) is 5.95 Å². The van der Waals surface area contributed by atoms with Crippen molar-refractivity contribution in [2.45, 2.75) is 32.4 Å². The van der Waals surface area contributed by atoms with Crippen LogP contribution in [0.25, 0.3) is 11.0 Å². The largest absolute Gasteiger partial charge is 0.341 e. The van der Waals surface area contributed by atoms with Gasteiger partial charge in [0.1, 0.15) is 0 Å². The van der Waals surface area contributed by atoms with Crippen LogP contribution in [-0.2, 0) is 6.54 Å². The number of anilines is 1. The van der Waals surface area contributed by atoms with Crippen molar-refractivity contribution in [2.24, 2.45) is 5.73 Å². The van der Waals surface area contributed by atoms with Crippen LogP contribution in [-0.4, -0.2) is 28.7 Å². The molecule has 5 heteroatoms. The number of piperidine rings is 1. The molecule has 1 fully saturated rings. The molecule has 3 aromatic rings. The summed E-state index contributed by atoms with van der Waals surface area (Å²) >= 11 is 6.33. The summed E-state index contributed by atoms with van der Waals surface area (Å²) in [5, 5.41) is 0.809. The van der Waals surface area contributed by atoms with Crippen LogP contribution in [0.2, 0.25) is 5.02 Å². The van der Waals surface area contributed by atoms with Crippen LogP contribution in [0.3, 0.4) is 0 Å². The molecule has 0 spiro atoms. The number of hydrogen-bond donors (Lipinski definition) is 1. The second-order valence-corrected chi connectivity index (χ2v) is 7.33. The summed E-state index contributed by atoms with van der Waals surface area (Å²) in [6, 6.07) is 14.8.